The number of para-hydroxylation sites is 1. The van der Waals surface area contributed by atoms with Crippen LogP contribution in [-0.2, 0) is 17.8 Å². The molecule has 0 saturated carbocycles. The van der Waals surface area contributed by atoms with Crippen molar-refractivity contribution in [2.75, 3.05) is 5.32 Å². The molecule has 26 heavy (non-hydrogen) atoms. The van der Waals surface area contributed by atoms with Gasteiger partial charge >= 0.3 is 0 Å². The SMILES string of the molecule is O=C(Cc1ccccc1O)Nc1cccc(COc2cccc(F)c2)c1. The number of phenolic OH excluding ortho intramolecular Hbond substituents is 1. The molecular formula is C21H18FNO3. The zero-order valence-electron chi connectivity index (χ0n) is 14.0. The van der Waals surface area contributed by atoms with Gasteiger partial charge in [0.15, 0.2) is 0 Å². The molecule has 0 unspecified atom stereocenters. The smallest absolute Gasteiger partial charge is 0.228 e. The molecule has 1 amide bonds. The van der Waals surface area contributed by atoms with Gasteiger partial charge in [-0.1, -0.05) is 36.4 Å². The molecule has 0 bridgehead atoms. The summed E-state index contributed by atoms with van der Waals surface area (Å²) in [5, 5.41) is 12.5. The van der Waals surface area contributed by atoms with Crippen LogP contribution >= 0.6 is 0 Å². The van der Waals surface area contributed by atoms with E-state index >= 15 is 0 Å². The summed E-state index contributed by atoms with van der Waals surface area (Å²) in [4.78, 5) is 12.2. The van der Waals surface area contributed by atoms with Crippen LogP contribution in [0.3, 0.4) is 0 Å². The average molecular weight is 351 g/mol. The van der Waals surface area contributed by atoms with E-state index in [2.05, 4.69) is 5.32 Å². The van der Waals surface area contributed by atoms with E-state index in [0.29, 0.717) is 17.0 Å². The van der Waals surface area contributed by atoms with Crippen LogP contribution in [0, 0.1) is 5.82 Å². The summed E-state index contributed by atoms with van der Waals surface area (Å²) in [6.07, 6.45) is 0.0801. The fourth-order valence-corrected chi connectivity index (χ4v) is 2.50. The molecule has 0 fully saturated rings. The third-order valence-electron chi connectivity index (χ3n) is 3.75. The van der Waals surface area contributed by atoms with Gasteiger partial charge in [0.2, 0.25) is 5.91 Å². The van der Waals surface area contributed by atoms with E-state index in [1.54, 1.807) is 54.6 Å². The van der Waals surface area contributed by atoms with Crippen LogP contribution in [0.2, 0.25) is 0 Å². The molecule has 0 aliphatic rings. The molecule has 0 saturated heterocycles. The number of hydrogen-bond acceptors (Lipinski definition) is 3. The Labute approximate surface area is 150 Å². The summed E-state index contributed by atoms with van der Waals surface area (Å²) in [5.74, 6) is -0.0405. The Morgan fingerprint density at radius 2 is 1.81 bits per heavy atom. The van der Waals surface area contributed by atoms with E-state index in [1.165, 1.54) is 12.1 Å². The number of halogens is 1. The predicted molar refractivity (Wildman–Crippen MR) is 97.6 cm³/mol. The maximum atomic E-state index is 13.2. The van der Waals surface area contributed by atoms with E-state index in [4.69, 9.17) is 4.74 Å². The Morgan fingerprint density at radius 3 is 2.62 bits per heavy atom. The number of aromatic hydroxyl groups is 1. The van der Waals surface area contributed by atoms with E-state index in [1.807, 2.05) is 6.07 Å². The normalized spacial score (nSPS) is 10.3. The van der Waals surface area contributed by atoms with Crippen LogP contribution in [0.15, 0.2) is 72.8 Å². The van der Waals surface area contributed by atoms with Crippen molar-refractivity contribution in [2.45, 2.75) is 13.0 Å². The molecule has 3 rings (SSSR count). The Balaban J connectivity index is 1.60. The van der Waals surface area contributed by atoms with Gasteiger partial charge in [0.25, 0.3) is 0 Å². The lowest BCUT2D eigenvalue weighted by Crippen LogP contribution is -2.14. The van der Waals surface area contributed by atoms with Gasteiger partial charge in [-0.2, -0.15) is 0 Å². The van der Waals surface area contributed by atoms with Gasteiger partial charge in [0.1, 0.15) is 23.9 Å². The lowest BCUT2D eigenvalue weighted by molar-refractivity contribution is -0.115. The van der Waals surface area contributed by atoms with Gasteiger partial charge in [0, 0.05) is 17.3 Å². The minimum absolute atomic E-state index is 0.0801. The minimum atomic E-state index is -0.354. The Bertz CT molecular complexity index is 911. The molecule has 0 heterocycles. The molecular weight excluding hydrogens is 333 g/mol. The van der Waals surface area contributed by atoms with Crippen molar-refractivity contribution in [3.05, 3.63) is 89.7 Å². The van der Waals surface area contributed by atoms with Gasteiger partial charge in [-0.25, -0.2) is 4.39 Å². The van der Waals surface area contributed by atoms with Gasteiger partial charge < -0.3 is 15.2 Å². The van der Waals surface area contributed by atoms with E-state index in [9.17, 15) is 14.3 Å². The highest BCUT2D eigenvalue weighted by molar-refractivity contribution is 5.92. The van der Waals surface area contributed by atoms with Crippen molar-refractivity contribution in [1.82, 2.24) is 0 Å². The summed E-state index contributed by atoms with van der Waals surface area (Å²) < 4.78 is 18.7. The number of carbonyl (C=O) groups excluding carboxylic acids is 1. The number of anilines is 1. The second kappa shape index (κ2) is 8.16. The molecule has 132 valence electrons. The highest BCUT2D eigenvalue weighted by Crippen LogP contribution is 2.18. The Kier molecular flexibility index (Phi) is 5.49. The molecule has 2 N–H and O–H groups in total. The topological polar surface area (TPSA) is 58.6 Å². The minimum Gasteiger partial charge on any atom is -0.508 e. The van der Waals surface area contributed by atoms with Crippen LogP contribution in [-0.4, -0.2) is 11.0 Å². The molecule has 5 heteroatoms. The molecule has 4 nitrogen and oxygen atoms in total. The van der Waals surface area contributed by atoms with Crippen LogP contribution in [0.1, 0.15) is 11.1 Å². The molecule has 3 aromatic carbocycles. The highest BCUT2D eigenvalue weighted by atomic mass is 19.1. The van der Waals surface area contributed by atoms with Crippen molar-refractivity contribution in [2.24, 2.45) is 0 Å². The summed E-state index contributed by atoms with van der Waals surface area (Å²) >= 11 is 0. The lowest BCUT2D eigenvalue weighted by atomic mass is 10.1. The number of ether oxygens (including phenoxy) is 1. The standard InChI is InChI=1S/C21H18FNO3/c22-17-7-4-9-19(13-17)26-14-15-5-3-8-18(11-15)23-21(25)12-16-6-1-2-10-20(16)24/h1-11,13,24H,12,14H2,(H,23,25). The van der Waals surface area contributed by atoms with E-state index < -0.39 is 0 Å². The van der Waals surface area contributed by atoms with Gasteiger partial charge in [-0.3, -0.25) is 4.79 Å². The second-order valence-electron chi connectivity index (χ2n) is 5.80. The zero-order valence-corrected chi connectivity index (χ0v) is 14.0. The number of carbonyl (C=O) groups is 1. The first-order valence-corrected chi connectivity index (χ1v) is 8.14. The summed E-state index contributed by atoms with van der Waals surface area (Å²) in [6.45, 7) is 0.257. The first kappa shape index (κ1) is 17.5. The van der Waals surface area contributed by atoms with Gasteiger partial charge in [0.05, 0.1) is 6.42 Å². The largest absolute Gasteiger partial charge is 0.508 e. The first-order valence-electron chi connectivity index (χ1n) is 8.14. The molecule has 0 aliphatic carbocycles. The van der Waals surface area contributed by atoms with E-state index in [-0.39, 0.29) is 30.5 Å². The first-order chi connectivity index (χ1) is 12.6. The van der Waals surface area contributed by atoms with Gasteiger partial charge in [-0.15, -0.1) is 0 Å². The van der Waals surface area contributed by atoms with E-state index in [0.717, 1.165) is 5.56 Å². The number of nitrogens with one attached hydrogen (secondary N) is 1. The number of benzene rings is 3. The van der Waals surface area contributed by atoms with Crippen LogP contribution in [0.5, 0.6) is 11.5 Å². The fourth-order valence-electron chi connectivity index (χ4n) is 2.50. The second-order valence-corrected chi connectivity index (χ2v) is 5.80. The predicted octanol–water partition coefficient (Wildman–Crippen LogP) is 4.29. The molecule has 0 atom stereocenters. The monoisotopic (exact) mass is 351 g/mol. The molecule has 0 aromatic heterocycles. The molecule has 3 aromatic rings. The lowest BCUT2D eigenvalue weighted by Gasteiger charge is -2.10. The number of phenols is 1. The Hall–Kier alpha value is -3.34. The summed E-state index contributed by atoms with van der Waals surface area (Å²) in [6, 6.07) is 19.9. The van der Waals surface area contributed by atoms with Crippen LogP contribution < -0.4 is 10.1 Å². The van der Waals surface area contributed by atoms with Crippen molar-refractivity contribution < 1.29 is 19.0 Å². The quantitative estimate of drug-likeness (QED) is 0.696. The third kappa shape index (κ3) is 4.83. The van der Waals surface area contributed by atoms with Crippen LogP contribution in [0.25, 0.3) is 0 Å². The van der Waals surface area contributed by atoms with Crippen molar-refractivity contribution in [3.8, 4) is 11.5 Å². The number of rotatable bonds is 6. The number of hydrogen-bond donors (Lipinski definition) is 2. The number of amides is 1. The molecule has 0 radical (unpaired) electrons. The van der Waals surface area contributed by atoms with Crippen LogP contribution in [0.4, 0.5) is 10.1 Å². The van der Waals surface area contributed by atoms with Gasteiger partial charge in [-0.05, 0) is 35.9 Å². The zero-order chi connectivity index (χ0) is 18.4. The average Bonchev–Trinajstić information content (AvgIpc) is 2.62. The van der Waals surface area contributed by atoms with Crippen molar-refractivity contribution >= 4 is 11.6 Å². The maximum Gasteiger partial charge on any atom is 0.228 e. The van der Waals surface area contributed by atoms with Crippen molar-refractivity contribution in [1.29, 1.82) is 0 Å². The summed E-state index contributed by atoms with van der Waals surface area (Å²) in [5.41, 5.74) is 2.04. The maximum absolute atomic E-state index is 13.2. The third-order valence-corrected chi connectivity index (χ3v) is 3.75. The fraction of sp³-hybridized carbons (Fsp3) is 0.0952. The van der Waals surface area contributed by atoms with Crippen molar-refractivity contribution in [3.63, 3.8) is 0 Å². The summed E-state index contributed by atoms with van der Waals surface area (Å²) in [7, 11) is 0. The molecule has 0 aliphatic heterocycles. The molecule has 0 spiro atoms. The highest BCUT2D eigenvalue weighted by Gasteiger charge is 2.08. The Morgan fingerprint density at radius 1 is 1.00 bits per heavy atom.